The molecule has 0 aromatic rings. The van der Waals surface area contributed by atoms with Gasteiger partial charge in [0, 0.05) is 5.60 Å². The van der Waals surface area contributed by atoms with Gasteiger partial charge in [-0.2, -0.15) is 0 Å². The Labute approximate surface area is 88.1 Å². The molecule has 0 aromatic heterocycles. The van der Waals surface area contributed by atoms with Crippen molar-refractivity contribution >= 4 is 18.7 Å². The Morgan fingerprint density at radius 2 is 1.62 bits per heavy atom. The summed E-state index contributed by atoms with van der Waals surface area (Å²) in [4.78, 5) is 3.24. The molecule has 0 spiro atoms. The second kappa shape index (κ2) is 6.76. The highest BCUT2D eigenvalue weighted by atomic mass is 28.3. The van der Waals surface area contributed by atoms with Crippen molar-refractivity contribution in [1.82, 2.24) is 4.98 Å². The van der Waals surface area contributed by atoms with E-state index < -0.39 is 8.24 Å². The zero-order valence-corrected chi connectivity index (χ0v) is 13.6. The Morgan fingerprint density at radius 3 is 1.62 bits per heavy atom. The molecule has 0 amide bonds. The van der Waals surface area contributed by atoms with Gasteiger partial charge in [0.2, 0.25) is 0 Å². The van der Waals surface area contributed by atoms with Crippen LogP contribution < -0.4 is 4.98 Å². The van der Waals surface area contributed by atoms with E-state index in [0.29, 0.717) is 0 Å². The summed E-state index contributed by atoms with van der Waals surface area (Å²) in [6.07, 6.45) is 1.11. The van der Waals surface area contributed by atoms with Crippen LogP contribution in [0.3, 0.4) is 0 Å². The van der Waals surface area contributed by atoms with Gasteiger partial charge in [0.25, 0.3) is 0 Å². The maximum absolute atomic E-state index is 5.23. The van der Waals surface area contributed by atoms with E-state index in [2.05, 4.69) is 45.4 Å². The number of hydrogen-bond acceptors (Lipinski definition) is 2. The molecule has 0 saturated carbocycles. The van der Waals surface area contributed by atoms with Crippen LogP contribution in [0, 0.1) is 0 Å². The zero-order valence-electron chi connectivity index (χ0n) is 10.6. The second-order valence-corrected chi connectivity index (χ2v) is 10.2. The lowest BCUT2D eigenvalue weighted by Gasteiger charge is -2.20. The van der Waals surface area contributed by atoms with E-state index in [9.17, 15) is 0 Å². The third kappa shape index (κ3) is 15.1. The van der Waals surface area contributed by atoms with Gasteiger partial charge in [-0.15, -0.1) is 0 Å². The fourth-order valence-corrected chi connectivity index (χ4v) is 0.433. The van der Waals surface area contributed by atoms with E-state index in [1.54, 1.807) is 0 Å². The molecular weight excluding hydrogens is 194 g/mol. The zero-order chi connectivity index (χ0) is 11.1. The van der Waals surface area contributed by atoms with Crippen LogP contribution in [-0.2, 0) is 4.43 Å². The molecule has 0 aliphatic heterocycles. The molecule has 0 aliphatic rings. The summed E-state index contributed by atoms with van der Waals surface area (Å²) in [5, 5.41) is 0. The van der Waals surface area contributed by atoms with E-state index in [0.717, 1.165) is 16.9 Å². The average molecular weight is 221 g/mol. The fraction of sp³-hybridized carbons (Fsp3) is 1.00. The predicted molar refractivity (Wildman–Crippen MR) is 67.8 cm³/mol. The Morgan fingerprint density at radius 1 is 1.31 bits per heavy atom. The monoisotopic (exact) mass is 221 g/mol. The van der Waals surface area contributed by atoms with Crippen LogP contribution in [0.2, 0.25) is 19.6 Å². The molecule has 0 radical (unpaired) electrons. The predicted octanol–water partition coefficient (Wildman–Crippen LogP) is 1.51. The lowest BCUT2D eigenvalue weighted by molar-refractivity contribution is 0.119. The van der Waals surface area contributed by atoms with Crippen LogP contribution in [0.1, 0.15) is 27.2 Å². The Balaban J connectivity index is 0. The van der Waals surface area contributed by atoms with Crippen LogP contribution in [-0.4, -0.2) is 31.4 Å². The number of nitrogens with one attached hydrogen (secondary N) is 1. The van der Waals surface area contributed by atoms with Crippen molar-refractivity contribution in [3.63, 3.8) is 0 Å². The third-order valence-electron chi connectivity index (χ3n) is 2.15. The van der Waals surface area contributed by atoms with Crippen molar-refractivity contribution in [3.05, 3.63) is 0 Å². The van der Waals surface area contributed by atoms with Gasteiger partial charge in [-0.3, -0.25) is 0 Å². The molecule has 0 saturated heterocycles. The molecule has 4 heteroatoms. The molecule has 0 unspecified atom stereocenters. The standard InChI is InChI=1S/C5H14OSi.C4H13NSi/c1-4-5(2,3)6-7;1-5-6(2,3)4/h4H2,1-3,7H3;5H,1-4H3. The normalized spacial score (nSPS) is 12.2. The first-order valence-corrected chi connectivity index (χ1v) is 9.24. The van der Waals surface area contributed by atoms with E-state index in [4.69, 9.17) is 4.43 Å². The molecule has 0 rings (SSSR count). The van der Waals surface area contributed by atoms with Gasteiger partial charge < -0.3 is 9.41 Å². The second-order valence-electron chi connectivity index (χ2n) is 4.82. The van der Waals surface area contributed by atoms with Crippen LogP contribution >= 0.6 is 0 Å². The smallest absolute Gasteiger partial charge is 0.146 e. The number of rotatable bonds is 3. The first kappa shape index (κ1) is 15.8. The SMILES string of the molecule is CCC(C)(C)O[SiH3].CN[Si](C)(C)C. The first-order chi connectivity index (χ1) is 5.68. The summed E-state index contributed by atoms with van der Waals surface area (Å²) in [5.41, 5.74) is 0.145. The molecule has 1 N–H and O–H groups in total. The first-order valence-electron chi connectivity index (χ1n) is 4.92. The van der Waals surface area contributed by atoms with E-state index in [1.807, 2.05) is 7.05 Å². The summed E-state index contributed by atoms with van der Waals surface area (Å²) < 4.78 is 5.23. The molecule has 0 atom stereocenters. The van der Waals surface area contributed by atoms with Gasteiger partial charge in [0.15, 0.2) is 0 Å². The maximum atomic E-state index is 5.23. The van der Waals surface area contributed by atoms with Gasteiger partial charge in [0.1, 0.15) is 18.7 Å². The van der Waals surface area contributed by atoms with Crippen molar-refractivity contribution in [2.75, 3.05) is 7.05 Å². The topological polar surface area (TPSA) is 21.3 Å². The molecule has 0 heterocycles. The highest BCUT2D eigenvalue weighted by Crippen LogP contribution is 2.09. The maximum Gasteiger partial charge on any atom is 0.146 e. The fourth-order valence-electron chi connectivity index (χ4n) is 0.144. The minimum atomic E-state index is -0.881. The summed E-state index contributed by atoms with van der Waals surface area (Å²) >= 11 is 0. The van der Waals surface area contributed by atoms with Gasteiger partial charge in [-0.1, -0.05) is 26.6 Å². The Kier molecular flexibility index (Phi) is 8.22. The summed E-state index contributed by atoms with van der Waals surface area (Å²) in [7, 11) is 2.00. The van der Waals surface area contributed by atoms with Gasteiger partial charge in [0.05, 0.1) is 0 Å². The third-order valence-corrected chi connectivity index (χ3v) is 4.76. The lowest BCUT2D eigenvalue weighted by atomic mass is 10.1. The summed E-state index contributed by atoms with van der Waals surface area (Å²) in [6.45, 7) is 13.2. The van der Waals surface area contributed by atoms with Crippen molar-refractivity contribution in [1.29, 1.82) is 0 Å². The van der Waals surface area contributed by atoms with Crippen LogP contribution in [0.4, 0.5) is 0 Å². The lowest BCUT2D eigenvalue weighted by Crippen LogP contribution is -2.37. The summed E-state index contributed by atoms with van der Waals surface area (Å²) in [6, 6.07) is 0. The highest BCUT2D eigenvalue weighted by molar-refractivity contribution is 6.73. The molecule has 0 aliphatic carbocycles. The minimum absolute atomic E-state index is 0.145. The Hall–Kier alpha value is 0.354. The number of hydrogen-bond donors (Lipinski definition) is 1. The van der Waals surface area contributed by atoms with Crippen molar-refractivity contribution in [3.8, 4) is 0 Å². The van der Waals surface area contributed by atoms with Crippen molar-refractivity contribution in [2.24, 2.45) is 0 Å². The molecule has 13 heavy (non-hydrogen) atoms. The average Bonchev–Trinajstić information content (AvgIpc) is 2.04. The van der Waals surface area contributed by atoms with Crippen molar-refractivity contribution < 1.29 is 4.43 Å². The van der Waals surface area contributed by atoms with Gasteiger partial charge in [-0.05, 0) is 27.3 Å². The molecule has 0 fully saturated rings. The van der Waals surface area contributed by atoms with Crippen LogP contribution in [0.5, 0.6) is 0 Å². The van der Waals surface area contributed by atoms with E-state index in [1.165, 1.54) is 0 Å². The van der Waals surface area contributed by atoms with Gasteiger partial charge in [-0.25, -0.2) is 0 Å². The van der Waals surface area contributed by atoms with E-state index >= 15 is 0 Å². The molecule has 0 aromatic carbocycles. The van der Waals surface area contributed by atoms with Crippen LogP contribution in [0.25, 0.3) is 0 Å². The highest BCUT2D eigenvalue weighted by Gasteiger charge is 2.10. The molecular formula is C9H27NOSi2. The molecule has 2 nitrogen and oxygen atoms in total. The Bertz CT molecular complexity index is 115. The quantitative estimate of drug-likeness (QED) is 0.730. The largest absolute Gasteiger partial charge is 0.423 e. The molecule has 0 bridgehead atoms. The minimum Gasteiger partial charge on any atom is -0.423 e. The molecule has 82 valence electrons. The van der Waals surface area contributed by atoms with Crippen molar-refractivity contribution in [2.45, 2.75) is 52.4 Å². The van der Waals surface area contributed by atoms with Gasteiger partial charge >= 0.3 is 0 Å². The summed E-state index contributed by atoms with van der Waals surface area (Å²) in [5.74, 6) is 0. The van der Waals surface area contributed by atoms with E-state index in [-0.39, 0.29) is 5.60 Å². The van der Waals surface area contributed by atoms with Crippen LogP contribution in [0.15, 0.2) is 0 Å².